The first kappa shape index (κ1) is 20.3. The molecule has 1 saturated heterocycles. The minimum Gasteiger partial charge on any atom is -0.493 e. The third-order valence-electron chi connectivity index (χ3n) is 4.49. The summed E-state index contributed by atoms with van der Waals surface area (Å²) in [5.74, 6) is 0.644. The molecule has 1 aromatic rings. The zero-order valence-corrected chi connectivity index (χ0v) is 16.9. The SMILES string of the molecule is CCNC(=O)COc1ccc(/C=C2/SC(=NC3CCCC3)NC2=O)cc1OC. The minimum atomic E-state index is -0.191. The van der Waals surface area contributed by atoms with Gasteiger partial charge in [-0.2, -0.15) is 0 Å². The van der Waals surface area contributed by atoms with Gasteiger partial charge in [0.2, 0.25) is 0 Å². The van der Waals surface area contributed by atoms with Gasteiger partial charge in [0.15, 0.2) is 23.3 Å². The first-order valence-electron chi connectivity index (χ1n) is 9.45. The zero-order valence-electron chi connectivity index (χ0n) is 16.1. The average Bonchev–Trinajstić information content (AvgIpc) is 3.31. The highest BCUT2D eigenvalue weighted by Crippen LogP contribution is 2.32. The zero-order chi connectivity index (χ0) is 19.9. The van der Waals surface area contributed by atoms with Crippen LogP contribution in [-0.4, -0.2) is 43.3 Å². The van der Waals surface area contributed by atoms with E-state index in [1.165, 1.54) is 31.7 Å². The van der Waals surface area contributed by atoms with Gasteiger partial charge in [-0.25, -0.2) is 0 Å². The Bertz CT molecular complexity index is 801. The molecule has 0 radical (unpaired) electrons. The van der Waals surface area contributed by atoms with Crippen molar-refractivity contribution in [2.75, 3.05) is 20.3 Å². The van der Waals surface area contributed by atoms with E-state index in [9.17, 15) is 9.59 Å². The van der Waals surface area contributed by atoms with Crippen molar-refractivity contribution in [3.8, 4) is 11.5 Å². The van der Waals surface area contributed by atoms with Crippen LogP contribution in [0.2, 0.25) is 0 Å². The molecule has 0 aromatic heterocycles. The Morgan fingerprint density at radius 1 is 1.36 bits per heavy atom. The molecule has 1 saturated carbocycles. The third kappa shape index (κ3) is 5.28. The van der Waals surface area contributed by atoms with Crippen molar-refractivity contribution in [2.45, 2.75) is 38.6 Å². The molecule has 3 rings (SSSR count). The number of hydrogen-bond acceptors (Lipinski definition) is 6. The number of rotatable bonds is 7. The highest BCUT2D eigenvalue weighted by Gasteiger charge is 2.25. The van der Waals surface area contributed by atoms with Crippen molar-refractivity contribution in [2.24, 2.45) is 4.99 Å². The second-order valence-electron chi connectivity index (χ2n) is 6.59. The van der Waals surface area contributed by atoms with Crippen LogP contribution in [0.1, 0.15) is 38.2 Å². The van der Waals surface area contributed by atoms with Crippen LogP contribution in [0.3, 0.4) is 0 Å². The molecule has 2 amide bonds. The Hall–Kier alpha value is -2.48. The van der Waals surface area contributed by atoms with Crippen LogP contribution in [0.5, 0.6) is 11.5 Å². The van der Waals surface area contributed by atoms with Crippen LogP contribution in [0.25, 0.3) is 6.08 Å². The summed E-state index contributed by atoms with van der Waals surface area (Å²) in [6, 6.07) is 5.65. The van der Waals surface area contributed by atoms with E-state index in [0.717, 1.165) is 18.4 Å². The van der Waals surface area contributed by atoms with Gasteiger partial charge < -0.3 is 20.1 Å². The lowest BCUT2D eigenvalue weighted by Crippen LogP contribution is -2.28. The number of amidine groups is 1. The van der Waals surface area contributed by atoms with Crippen molar-refractivity contribution in [1.82, 2.24) is 10.6 Å². The van der Waals surface area contributed by atoms with Crippen LogP contribution in [-0.2, 0) is 9.59 Å². The normalized spacial score (nSPS) is 19.9. The second kappa shape index (κ2) is 9.64. The molecule has 2 N–H and O–H groups in total. The van der Waals surface area contributed by atoms with E-state index in [-0.39, 0.29) is 18.4 Å². The molecule has 150 valence electrons. The van der Waals surface area contributed by atoms with Crippen molar-refractivity contribution in [1.29, 1.82) is 0 Å². The Morgan fingerprint density at radius 2 is 2.14 bits per heavy atom. The Balaban J connectivity index is 1.69. The third-order valence-corrected chi connectivity index (χ3v) is 5.42. The summed E-state index contributed by atoms with van der Waals surface area (Å²) in [5, 5.41) is 6.19. The van der Waals surface area contributed by atoms with Crippen LogP contribution >= 0.6 is 11.8 Å². The number of thioether (sulfide) groups is 1. The van der Waals surface area contributed by atoms with Gasteiger partial charge in [-0.3, -0.25) is 14.6 Å². The molecular weight excluding hydrogens is 378 g/mol. The standard InChI is InChI=1S/C20H25N3O4S/c1-3-21-18(24)12-27-15-9-8-13(10-16(15)26-2)11-17-19(25)23-20(28-17)22-14-6-4-5-7-14/h8-11,14H,3-7,12H2,1-2H3,(H,21,24)(H,22,23,25)/b17-11+. The van der Waals surface area contributed by atoms with E-state index >= 15 is 0 Å². The van der Waals surface area contributed by atoms with Crippen LogP contribution in [0.4, 0.5) is 0 Å². The number of methoxy groups -OCH3 is 1. The van der Waals surface area contributed by atoms with Gasteiger partial charge in [-0.1, -0.05) is 18.9 Å². The van der Waals surface area contributed by atoms with Crippen molar-refractivity contribution < 1.29 is 19.1 Å². The monoisotopic (exact) mass is 403 g/mol. The molecule has 1 aromatic carbocycles. The molecule has 2 fully saturated rings. The van der Waals surface area contributed by atoms with Crippen molar-refractivity contribution in [3.63, 3.8) is 0 Å². The molecular formula is C20H25N3O4S. The molecule has 0 atom stereocenters. The van der Waals surface area contributed by atoms with Gasteiger partial charge in [0, 0.05) is 6.54 Å². The highest BCUT2D eigenvalue weighted by molar-refractivity contribution is 8.18. The summed E-state index contributed by atoms with van der Waals surface area (Å²) in [5.41, 5.74) is 0.807. The maximum atomic E-state index is 12.2. The van der Waals surface area contributed by atoms with E-state index in [4.69, 9.17) is 9.47 Å². The smallest absolute Gasteiger partial charge is 0.264 e. The predicted molar refractivity (Wildman–Crippen MR) is 111 cm³/mol. The Labute approximate surface area is 169 Å². The number of ether oxygens (including phenoxy) is 2. The molecule has 7 nitrogen and oxygen atoms in total. The first-order valence-corrected chi connectivity index (χ1v) is 10.3. The summed E-state index contributed by atoms with van der Waals surface area (Å²) in [7, 11) is 1.54. The summed E-state index contributed by atoms with van der Waals surface area (Å²) in [6.45, 7) is 2.32. The highest BCUT2D eigenvalue weighted by atomic mass is 32.2. The predicted octanol–water partition coefficient (Wildman–Crippen LogP) is 2.71. The molecule has 1 aliphatic heterocycles. The van der Waals surface area contributed by atoms with E-state index in [1.807, 2.05) is 13.0 Å². The number of carbonyl (C=O) groups is 2. The minimum absolute atomic E-state index is 0.0795. The lowest BCUT2D eigenvalue weighted by atomic mass is 10.2. The molecule has 0 unspecified atom stereocenters. The van der Waals surface area contributed by atoms with Crippen LogP contribution < -0.4 is 20.1 Å². The number of amides is 2. The van der Waals surface area contributed by atoms with Crippen molar-refractivity contribution in [3.05, 3.63) is 28.7 Å². The number of carbonyl (C=O) groups excluding carboxylic acids is 2. The van der Waals surface area contributed by atoms with E-state index in [0.29, 0.717) is 34.2 Å². The number of nitrogens with zero attached hydrogens (tertiary/aromatic N) is 1. The van der Waals surface area contributed by atoms with Gasteiger partial charge in [-0.15, -0.1) is 0 Å². The number of likely N-dealkylation sites (N-methyl/N-ethyl adjacent to an activating group) is 1. The molecule has 0 bridgehead atoms. The maximum Gasteiger partial charge on any atom is 0.264 e. The first-order chi connectivity index (χ1) is 13.6. The fourth-order valence-electron chi connectivity index (χ4n) is 3.12. The van der Waals surface area contributed by atoms with Gasteiger partial charge in [-0.05, 0) is 55.3 Å². The summed E-state index contributed by atoms with van der Waals surface area (Å²) >= 11 is 1.36. The van der Waals surface area contributed by atoms with Gasteiger partial charge in [0.25, 0.3) is 11.8 Å². The second-order valence-corrected chi connectivity index (χ2v) is 7.62. The number of benzene rings is 1. The lowest BCUT2D eigenvalue weighted by molar-refractivity contribution is -0.123. The van der Waals surface area contributed by atoms with E-state index < -0.39 is 0 Å². The average molecular weight is 404 g/mol. The number of hydrogen-bond donors (Lipinski definition) is 2. The van der Waals surface area contributed by atoms with E-state index in [1.54, 1.807) is 18.2 Å². The fraction of sp³-hybridized carbons (Fsp3) is 0.450. The van der Waals surface area contributed by atoms with Crippen molar-refractivity contribution >= 4 is 34.8 Å². The summed E-state index contributed by atoms with van der Waals surface area (Å²) in [4.78, 5) is 29.0. The Kier molecular flexibility index (Phi) is 6.97. The fourth-order valence-corrected chi connectivity index (χ4v) is 4.02. The molecule has 8 heteroatoms. The van der Waals surface area contributed by atoms with Gasteiger partial charge in [0.05, 0.1) is 18.1 Å². The largest absolute Gasteiger partial charge is 0.493 e. The lowest BCUT2D eigenvalue weighted by Gasteiger charge is -2.11. The topological polar surface area (TPSA) is 89.0 Å². The molecule has 1 heterocycles. The summed E-state index contributed by atoms with van der Waals surface area (Å²) in [6.07, 6.45) is 6.39. The quantitative estimate of drug-likeness (QED) is 0.684. The molecule has 0 spiro atoms. The number of aliphatic imine (C=N–C) groups is 1. The number of nitrogens with one attached hydrogen (secondary N) is 2. The Morgan fingerprint density at radius 3 is 2.86 bits per heavy atom. The van der Waals surface area contributed by atoms with Gasteiger partial charge >= 0.3 is 0 Å². The molecule has 28 heavy (non-hydrogen) atoms. The van der Waals surface area contributed by atoms with Gasteiger partial charge in [0.1, 0.15) is 0 Å². The maximum absolute atomic E-state index is 12.2. The van der Waals surface area contributed by atoms with Crippen LogP contribution in [0.15, 0.2) is 28.1 Å². The molecule has 2 aliphatic rings. The van der Waals surface area contributed by atoms with Crippen LogP contribution in [0, 0.1) is 0 Å². The van der Waals surface area contributed by atoms with E-state index in [2.05, 4.69) is 15.6 Å². The molecule has 1 aliphatic carbocycles. The summed E-state index contributed by atoms with van der Waals surface area (Å²) < 4.78 is 10.9.